The van der Waals surface area contributed by atoms with Gasteiger partial charge in [-0.05, 0) is 64.2 Å². The lowest BCUT2D eigenvalue weighted by molar-refractivity contribution is -0.143. The maximum absolute atomic E-state index is 12.4. The molecule has 0 heterocycles. The highest BCUT2D eigenvalue weighted by Gasteiger charge is 2.18. The van der Waals surface area contributed by atoms with Crippen LogP contribution in [0.4, 0.5) is 0 Å². The predicted octanol–water partition coefficient (Wildman–Crippen LogP) is 21.5. The van der Waals surface area contributed by atoms with Crippen LogP contribution in [0.3, 0.4) is 0 Å². The van der Waals surface area contributed by atoms with Gasteiger partial charge in [0.2, 0.25) is 5.91 Å². The highest BCUT2D eigenvalue weighted by molar-refractivity contribution is 5.76. The number of rotatable bonds is 63. The Bertz CT molecular complexity index is 1210. The molecule has 0 aromatic heterocycles. The highest BCUT2D eigenvalue weighted by Crippen LogP contribution is 2.18. The molecule has 0 spiro atoms. The van der Waals surface area contributed by atoms with Gasteiger partial charge in [-0.1, -0.05) is 326 Å². The number of unbranched alkanes of at least 4 members (excludes halogenated alkanes) is 48. The molecule has 0 aliphatic carbocycles. The number of allylic oxidation sites excluding steroid dienone is 5. The Balaban J connectivity index is 3.38. The summed E-state index contributed by atoms with van der Waals surface area (Å²) in [4.78, 5) is 24.5. The number of aliphatic hydroxyl groups is 2. The normalized spacial score (nSPS) is 12.7. The smallest absolute Gasteiger partial charge is 0.305 e. The molecule has 3 N–H and O–H groups in total. The third-order valence-corrected chi connectivity index (χ3v) is 15.7. The van der Waals surface area contributed by atoms with Crippen LogP contribution in [0.25, 0.3) is 0 Å². The van der Waals surface area contributed by atoms with E-state index in [4.69, 9.17) is 4.74 Å². The lowest BCUT2D eigenvalue weighted by Gasteiger charge is -2.20. The highest BCUT2D eigenvalue weighted by atomic mass is 16.5. The summed E-state index contributed by atoms with van der Waals surface area (Å²) in [6, 6.07) is -0.627. The lowest BCUT2D eigenvalue weighted by atomic mass is 10.0. The molecule has 0 aliphatic heterocycles. The fraction of sp³-hybridized carbons (Fsp3) is 0.884. The van der Waals surface area contributed by atoms with Crippen molar-refractivity contribution in [2.45, 2.75) is 379 Å². The van der Waals surface area contributed by atoms with E-state index in [1.165, 1.54) is 295 Å². The molecule has 0 saturated carbocycles. The van der Waals surface area contributed by atoms with Crippen LogP contribution in [0.1, 0.15) is 367 Å². The maximum atomic E-state index is 12.4. The fourth-order valence-corrected chi connectivity index (χ4v) is 10.5. The topological polar surface area (TPSA) is 95.9 Å². The largest absolute Gasteiger partial charge is 0.466 e. The van der Waals surface area contributed by atoms with Gasteiger partial charge < -0.3 is 20.3 Å². The molecule has 2 unspecified atom stereocenters. The van der Waals surface area contributed by atoms with Crippen LogP contribution in [0.5, 0.6) is 0 Å². The van der Waals surface area contributed by atoms with E-state index < -0.39 is 12.1 Å². The number of hydrogen-bond donors (Lipinski definition) is 3. The quantitative estimate of drug-likeness (QED) is 0.0320. The van der Waals surface area contributed by atoms with E-state index in [1.807, 2.05) is 6.08 Å². The van der Waals surface area contributed by atoms with Crippen LogP contribution < -0.4 is 5.32 Å². The zero-order valence-electron chi connectivity index (χ0n) is 50.5. The van der Waals surface area contributed by atoms with Gasteiger partial charge in [-0.2, -0.15) is 0 Å². The van der Waals surface area contributed by atoms with E-state index in [0.29, 0.717) is 19.4 Å². The van der Waals surface area contributed by atoms with Gasteiger partial charge in [-0.25, -0.2) is 0 Å². The Hall–Kier alpha value is -1.92. The van der Waals surface area contributed by atoms with Gasteiger partial charge in [0, 0.05) is 12.8 Å². The van der Waals surface area contributed by atoms with E-state index >= 15 is 0 Å². The van der Waals surface area contributed by atoms with Gasteiger partial charge in [-0.15, -0.1) is 0 Å². The zero-order valence-corrected chi connectivity index (χ0v) is 50.5. The van der Waals surface area contributed by atoms with Crippen molar-refractivity contribution in [3.63, 3.8) is 0 Å². The molecule has 0 aliphatic rings. The van der Waals surface area contributed by atoms with Gasteiger partial charge in [0.15, 0.2) is 0 Å². The molecule has 6 heteroatoms. The van der Waals surface area contributed by atoms with Crippen molar-refractivity contribution in [3.05, 3.63) is 36.5 Å². The Kier molecular flexibility index (Phi) is 63.0. The summed E-state index contributed by atoms with van der Waals surface area (Å²) in [5.41, 5.74) is 0. The molecule has 0 rings (SSSR count). The Morgan fingerprint density at radius 3 is 1.01 bits per heavy atom. The van der Waals surface area contributed by atoms with Crippen molar-refractivity contribution < 1.29 is 24.5 Å². The van der Waals surface area contributed by atoms with Crippen molar-refractivity contribution in [2.24, 2.45) is 0 Å². The molecule has 0 saturated heterocycles. The zero-order chi connectivity index (χ0) is 54.3. The molecule has 0 aromatic carbocycles. The molecule has 1 amide bonds. The first-order valence-electron chi connectivity index (χ1n) is 33.8. The number of esters is 1. The molecular weight excluding hydrogens is 923 g/mol. The predicted molar refractivity (Wildman–Crippen MR) is 329 cm³/mol. The molecular formula is C69H131NO5. The van der Waals surface area contributed by atoms with Crippen LogP contribution in [-0.4, -0.2) is 47.4 Å². The van der Waals surface area contributed by atoms with Gasteiger partial charge in [-0.3, -0.25) is 9.59 Å². The second kappa shape index (κ2) is 64.6. The van der Waals surface area contributed by atoms with Crippen molar-refractivity contribution in [1.82, 2.24) is 5.32 Å². The molecule has 6 nitrogen and oxygen atoms in total. The first-order chi connectivity index (χ1) is 37.0. The summed E-state index contributed by atoms with van der Waals surface area (Å²) >= 11 is 0. The second-order valence-electron chi connectivity index (χ2n) is 23.2. The summed E-state index contributed by atoms with van der Waals surface area (Å²) in [7, 11) is 0. The number of amides is 1. The summed E-state index contributed by atoms with van der Waals surface area (Å²) in [6.45, 7) is 4.91. The van der Waals surface area contributed by atoms with Crippen LogP contribution in [0, 0.1) is 0 Å². The monoisotopic (exact) mass is 1050 g/mol. The molecule has 0 radical (unpaired) electrons. The minimum atomic E-state index is -0.844. The molecule has 0 bridgehead atoms. The van der Waals surface area contributed by atoms with E-state index in [2.05, 4.69) is 43.5 Å². The van der Waals surface area contributed by atoms with Crippen molar-refractivity contribution in [2.75, 3.05) is 13.2 Å². The lowest BCUT2D eigenvalue weighted by Crippen LogP contribution is -2.45. The van der Waals surface area contributed by atoms with E-state index in [-0.39, 0.29) is 18.5 Å². The number of nitrogens with one attached hydrogen (secondary N) is 1. The van der Waals surface area contributed by atoms with Gasteiger partial charge in [0.25, 0.3) is 0 Å². The summed E-state index contributed by atoms with van der Waals surface area (Å²) in [5.74, 6) is -0.0531. The average Bonchev–Trinajstić information content (AvgIpc) is 3.41. The minimum absolute atomic E-state index is 0.0163. The van der Waals surface area contributed by atoms with Crippen LogP contribution in [0.2, 0.25) is 0 Å². The SMILES string of the molecule is CCCCCCCCCCC/C=C/C(O)C(CO)NC(=O)CCCCCCCCCCCCCCC/C=C\C/C=C\CCCCCCCCCCCOC(=O)CCCCCCCCCCCCCCCCCCCC. The molecule has 0 fully saturated rings. The van der Waals surface area contributed by atoms with Gasteiger partial charge in [0.05, 0.1) is 25.4 Å². The molecule has 2 atom stereocenters. The van der Waals surface area contributed by atoms with Crippen molar-refractivity contribution >= 4 is 11.9 Å². The Morgan fingerprint density at radius 2 is 0.667 bits per heavy atom. The Labute approximate surface area is 468 Å². The van der Waals surface area contributed by atoms with Crippen molar-refractivity contribution in [3.8, 4) is 0 Å². The van der Waals surface area contributed by atoms with Crippen molar-refractivity contribution in [1.29, 1.82) is 0 Å². The molecule has 442 valence electrons. The van der Waals surface area contributed by atoms with Crippen LogP contribution in [0.15, 0.2) is 36.5 Å². The maximum Gasteiger partial charge on any atom is 0.305 e. The number of carbonyl (C=O) groups is 2. The van der Waals surface area contributed by atoms with Crippen LogP contribution in [-0.2, 0) is 14.3 Å². The first kappa shape index (κ1) is 73.1. The first-order valence-corrected chi connectivity index (χ1v) is 33.8. The summed E-state index contributed by atoms with van der Waals surface area (Å²) in [5, 5.41) is 23.0. The third kappa shape index (κ3) is 61.2. The molecule has 0 aromatic rings. The minimum Gasteiger partial charge on any atom is -0.466 e. The summed E-state index contributed by atoms with van der Waals surface area (Å²) < 4.78 is 5.50. The average molecular weight is 1050 g/mol. The number of hydrogen-bond acceptors (Lipinski definition) is 5. The van der Waals surface area contributed by atoms with E-state index in [1.54, 1.807) is 6.08 Å². The van der Waals surface area contributed by atoms with Crippen LogP contribution >= 0.6 is 0 Å². The number of ether oxygens (including phenoxy) is 1. The molecule has 75 heavy (non-hydrogen) atoms. The summed E-state index contributed by atoms with van der Waals surface area (Å²) in [6.07, 6.45) is 82.2. The number of carbonyl (C=O) groups excluding carboxylic acids is 2. The van der Waals surface area contributed by atoms with E-state index in [0.717, 1.165) is 44.9 Å². The second-order valence-corrected chi connectivity index (χ2v) is 23.2. The van der Waals surface area contributed by atoms with E-state index in [9.17, 15) is 19.8 Å². The standard InChI is InChI=1S/C69H131NO5/c1-3-5-7-9-11-13-15-16-17-18-33-36-39-43-47-51-55-59-63-69(74)75-64-60-56-52-48-44-40-37-34-31-29-27-25-23-21-19-20-22-24-26-28-30-32-35-38-42-46-50-54-58-62-68(73)70-66(65-71)67(72)61-57-53-49-45-41-14-12-10-8-6-4-2/h19,21,25,27,57,61,66-67,71-72H,3-18,20,22-24,26,28-56,58-60,62-65H2,1-2H3,(H,70,73)/b21-19-,27-25-,61-57+. The van der Waals surface area contributed by atoms with Gasteiger partial charge >= 0.3 is 5.97 Å². The third-order valence-electron chi connectivity index (χ3n) is 15.7. The Morgan fingerprint density at radius 1 is 0.373 bits per heavy atom. The fourth-order valence-electron chi connectivity index (χ4n) is 10.5. The number of aliphatic hydroxyl groups excluding tert-OH is 2. The van der Waals surface area contributed by atoms with Gasteiger partial charge in [0.1, 0.15) is 0 Å².